The molecule has 5 heteroatoms. The van der Waals surface area contributed by atoms with Crippen molar-refractivity contribution in [3.05, 3.63) is 64.7 Å². The van der Waals surface area contributed by atoms with Crippen molar-refractivity contribution in [3.8, 4) is 5.75 Å². The van der Waals surface area contributed by atoms with Crippen LogP contribution in [-0.2, 0) is 17.8 Å². The van der Waals surface area contributed by atoms with Gasteiger partial charge in [-0.05, 0) is 49.4 Å². The number of halogens is 1. The van der Waals surface area contributed by atoms with Crippen molar-refractivity contribution >= 4 is 17.5 Å². The summed E-state index contributed by atoms with van der Waals surface area (Å²) in [5.74, 6) is 0.785. The molecule has 1 amide bonds. The second-order valence-corrected chi connectivity index (χ2v) is 7.29. The maximum Gasteiger partial charge on any atom is 0.224 e. The highest BCUT2D eigenvalue weighted by molar-refractivity contribution is 6.31. The van der Waals surface area contributed by atoms with Crippen LogP contribution in [0.25, 0.3) is 0 Å². The topological polar surface area (TPSA) is 64.3 Å². The van der Waals surface area contributed by atoms with Gasteiger partial charge in [0, 0.05) is 22.7 Å². The van der Waals surface area contributed by atoms with Crippen LogP contribution < -0.4 is 15.8 Å². The van der Waals surface area contributed by atoms with Gasteiger partial charge in [0.15, 0.2) is 0 Å². The van der Waals surface area contributed by atoms with Crippen LogP contribution in [-0.4, -0.2) is 18.0 Å². The van der Waals surface area contributed by atoms with Gasteiger partial charge in [0.2, 0.25) is 5.91 Å². The second-order valence-electron chi connectivity index (χ2n) is 6.88. The van der Waals surface area contributed by atoms with E-state index in [2.05, 4.69) is 5.32 Å². The maximum atomic E-state index is 12.3. The largest absolute Gasteiger partial charge is 0.489 e. The van der Waals surface area contributed by atoms with E-state index in [1.54, 1.807) is 0 Å². The van der Waals surface area contributed by atoms with E-state index >= 15 is 0 Å². The molecule has 26 heavy (non-hydrogen) atoms. The van der Waals surface area contributed by atoms with E-state index in [1.807, 2.05) is 48.5 Å². The fourth-order valence-electron chi connectivity index (χ4n) is 3.25. The van der Waals surface area contributed by atoms with Crippen LogP contribution in [0, 0.1) is 0 Å². The number of benzene rings is 2. The van der Waals surface area contributed by atoms with Gasteiger partial charge in [0.05, 0.1) is 6.42 Å². The highest BCUT2D eigenvalue weighted by Gasteiger charge is 2.20. The van der Waals surface area contributed by atoms with Crippen molar-refractivity contribution in [2.75, 3.05) is 0 Å². The Hall–Kier alpha value is -2.04. The van der Waals surface area contributed by atoms with E-state index in [-0.39, 0.29) is 18.0 Å². The fraction of sp³-hybridized carbons (Fsp3) is 0.381. The SMILES string of the molecule is NC1CCC(NC(=O)Cc2cccc(OCc3ccccc3Cl)c2)CC1. The van der Waals surface area contributed by atoms with Crippen molar-refractivity contribution in [1.29, 1.82) is 0 Å². The highest BCUT2D eigenvalue weighted by atomic mass is 35.5. The highest BCUT2D eigenvalue weighted by Crippen LogP contribution is 2.20. The third-order valence-corrected chi connectivity index (χ3v) is 5.12. The molecule has 3 rings (SSSR count). The van der Waals surface area contributed by atoms with Crippen LogP contribution in [0.3, 0.4) is 0 Å². The van der Waals surface area contributed by atoms with E-state index < -0.39 is 0 Å². The van der Waals surface area contributed by atoms with Gasteiger partial charge >= 0.3 is 0 Å². The van der Waals surface area contributed by atoms with Gasteiger partial charge in [0.1, 0.15) is 12.4 Å². The quantitative estimate of drug-likeness (QED) is 0.809. The normalized spacial score (nSPS) is 19.8. The Morgan fingerprint density at radius 2 is 1.88 bits per heavy atom. The maximum absolute atomic E-state index is 12.3. The molecule has 0 atom stereocenters. The zero-order valence-electron chi connectivity index (χ0n) is 14.8. The summed E-state index contributed by atoms with van der Waals surface area (Å²) in [6.07, 6.45) is 4.25. The molecule has 0 aromatic heterocycles. The number of nitrogens with two attached hydrogens (primary N) is 1. The zero-order valence-corrected chi connectivity index (χ0v) is 15.5. The first-order valence-corrected chi connectivity index (χ1v) is 9.48. The number of nitrogens with one attached hydrogen (secondary N) is 1. The molecule has 0 heterocycles. The monoisotopic (exact) mass is 372 g/mol. The third kappa shape index (κ3) is 5.48. The smallest absolute Gasteiger partial charge is 0.224 e. The van der Waals surface area contributed by atoms with Crippen LogP contribution in [0.2, 0.25) is 5.02 Å². The average molecular weight is 373 g/mol. The minimum atomic E-state index is 0.0497. The Balaban J connectivity index is 1.52. The predicted molar refractivity (Wildman–Crippen MR) is 104 cm³/mol. The van der Waals surface area contributed by atoms with Gasteiger partial charge in [0.25, 0.3) is 0 Å². The van der Waals surface area contributed by atoms with E-state index in [0.717, 1.165) is 42.6 Å². The first-order valence-electron chi connectivity index (χ1n) is 9.10. The molecule has 0 aliphatic heterocycles. The van der Waals surface area contributed by atoms with Gasteiger partial charge in [-0.2, -0.15) is 0 Å². The number of carbonyl (C=O) groups excluding carboxylic acids is 1. The van der Waals surface area contributed by atoms with Crippen LogP contribution in [0.15, 0.2) is 48.5 Å². The molecule has 138 valence electrons. The number of hydrogen-bond acceptors (Lipinski definition) is 3. The molecule has 0 saturated heterocycles. The Morgan fingerprint density at radius 1 is 1.12 bits per heavy atom. The van der Waals surface area contributed by atoms with Crippen LogP contribution in [0.5, 0.6) is 5.75 Å². The summed E-state index contributed by atoms with van der Waals surface area (Å²) in [5, 5.41) is 3.81. The van der Waals surface area contributed by atoms with Crippen LogP contribution in [0.1, 0.15) is 36.8 Å². The van der Waals surface area contributed by atoms with Crippen molar-refractivity contribution in [3.63, 3.8) is 0 Å². The third-order valence-electron chi connectivity index (χ3n) is 4.75. The van der Waals surface area contributed by atoms with Crippen LogP contribution in [0.4, 0.5) is 0 Å². The van der Waals surface area contributed by atoms with Crippen molar-refractivity contribution in [2.45, 2.75) is 50.8 Å². The number of hydrogen-bond donors (Lipinski definition) is 2. The molecule has 4 nitrogen and oxygen atoms in total. The van der Waals surface area contributed by atoms with E-state index in [9.17, 15) is 4.79 Å². The summed E-state index contributed by atoms with van der Waals surface area (Å²) in [4.78, 5) is 12.3. The predicted octanol–water partition coefficient (Wildman–Crippen LogP) is 3.85. The molecule has 0 spiro atoms. The van der Waals surface area contributed by atoms with Crippen LogP contribution >= 0.6 is 11.6 Å². The Morgan fingerprint density at radius 3 is 2.65 bits per heavy atom. The first-order chi connectivity index (χ1) is 12.6. The lowest BCUT2D eigenvalue weighted by molar-refractivity contribution is -0.121. The standard InChI is InChI=1S/C21H25ClN2O2/c22-20-7-2-1-5-16(20)14-26-19-6-3-4-15(12-19)13-21(25)24-18-10-8-17(23)9-11-18/h1-7,12,17-18H,8-11,13-14,23H2,(H,24,25). The molecule has 0 bridgehead atoms. The number of ether oxygens (including phenoxy) is 1. The number of carbonyl (C=O) groups is 1. The first kappa shape index (κ1) is 18.7. The van der Waals surface area contributed by atoms with Crippen molar-refractivity contribution in [2.24, 2.45) is 5.73 Å². The zero-order chi connectivity index (χ0) is 18.4. The molecule has 0 radical (unpaired) electrons. The molecule has 3 N–H and O–H groups in total. The molecule has 2 aromatic carbocycles. The lowest BCUT2D eigenvalue weighted by Crippen LogP contribution is -2.41. The summed E-state index contributed by atoms with van der Waals surface area (Å²) in [5.41, 5.74) is 7.79. The van der Waals surface area contributed by atoms with Gasteiger partial charge in [-0.15, -0.1) is 0 Å². The minimum Gasteiger partial charge on any atom is -0.489 e. The van der Waals surface area contributed by atoms with Gasteiger partial charge in [-0.25, -0.2) is 0 Å². The van der Waals surface area contributed by atoms with Gasteiger partial charge < -0.3 is 15.8 Å². The average Bonchev–Trinajstić information content (AvgIpc) is 2.63. The summed E-state index contributed by atoms with van der Waals surface area (Å²) >= 11 is 6.15. The van der Waals surface area contributed by atoms with E-state index in [0.29, 0.717) is 18.1 Å². The number of rotatable bonds is 6. The Bertz CT molecular complexity index is 742. The molecular formula is C21H25ClN2O2. The number of amides is 1. The molecular weight excluding hydrogens is 348 g/mol. The van der Waals surface area contributed by atoms with Gasteiger partial charge in [-0.1, -0.05) is 41.9 Å². The molecule has 1 aliphatic rings. The lowest BCUT2D eigenvalue weighted by atomic mass is 9.91. The minimum absolute atomic E-state index is 0.0497. The Kier molecular flexibility index (Phi) is 6.53. The molecule has 1 fully saturated rings. The second kappa shape index (κ2) is 9.06. The molecule has 1 saturated carbocycles. The van der Waals surface area contributed by atoms with Crippen molar-refractivity contribution < 1.29 is 9.53 Å². The summed E-state index contributed by atoms with van der Waals surface area (Å²) in [7, 11) is 0. The fourth-order valence-corrected chi connectivity index (χ4v) is 3.44. The summed E-state index contributed by atoms with van der Waals surface area (Å²) in [6, 6.07) is 15.8. The molecule has 1 aliphatic carbocycles. The summed E-state index contributed by atoms with van der Waals surface area (Å²) < 4.78 is 5.83. The molecule has 2 aromatic rings. The summed E-state index contributed by atoms with van der Waals surface area (Å²) in [6.45, 7) is 0.400. The van der Waals surface area contributed by atoms with E-state index in [4.69, 9.17) is 22.1 Å². The van der Waals surface area contributed by atoms with Crippen molar-refractivity contribution in [1.82, 2.24) is 5.32 Å². The molecule has 0 unspecified atom stereocenters. The van der Waals surface area contributed by atoms with Gasteiger partial charge in [-0.3, -0.25) is 4.79 Å². The van der Waals surface area contributed by atoms with E-state index in [1.165, 1.54) is 0 Å². The Labute approximate surface area is 159 Å². The lowest BCUT2D eigenvalue weighted by Gasteiger charge is -2.26.